The van der Waals surface area contributed by atoms with Gasteiger partial charge in [0.05, 0.1) is 18.4 Å². The third-order valence-electron chi connectivity index (χ3n) is 3.61. The molecule has 1 amide bonds. The van der Waals surface area contributed by atoms with Gasteiger partial charge in [0.25, 0.3) is 5.91 Å². The fourth-order valence-electron chi connectivity index (χ4n) is 2.49. The molecule has 0 bridgehead atoms. The zero-order valence-electron chi connectivity index (χ0n) is 9.60. The lowest BCUT2D eigenvalue weighted by Crippen LogP contribution is -2.37. The molecule has 2 aliphatic rings. The van der Waals surface area contributed by atoms with Gasteiger partial charge in [-0.2, -0.15) is 0 Å². The minimum absolute atomic E-state index is 0.169. The average molecular weight is 227 g/mol. The molecule has 2 rings (SSSR count). The smallest absolute Gasteiger partial charge is 0.307 e. The van der Waals surface area contributed by atoms with E-state index >= 15 is 0 Å². The van der Waals surface area contributed by atoms with Gasteiger partial charge in [-0.1, -0.05) is 13.8 Å². The summed E-state index contributed by atoms with van der Waals surface area (Å²) in [5.74, 6) is -2.05. The summed E-state index contributed by atoms with van der Waals surface area (Å²) in [6.45, 7) is 4.77. The molecule has 16 heavy (non-hydrogen) atoms. The molecule has 0 spiro atoms. The number of carbonyl (C=O) groups is 2. The number of carboxylic acids is 1. The summed E-state index contributed by atoms with van der Waals surface area (Å²) in [5, 5.41) is 10.3. The quantitative estimate of drug-likeness (QED) is 0.761. The van der Waals surface area contributed by atoms with Crippen molar-refractivity contribution in [3.05, 3.63) is 0 Å². The van der Waals surface area contributed by atoms with Crippen LogP contribution in [0.15, 0.2) is 0 Å². The van der Waals surface area contributed by atoms with Crippen molar-refractivity contribution in [3.8, 4) is 0 Å². The van der Waals surface area contributed by atoms with E-state index in [-0.39, 0.29) is 5.91 Å². The highest BCUT2D eigenvalue weighted by Crippen LogP contribution is 2.59. The van der Waals surface area contributed by atoms with Crippen LogP contribution in [0.25, 0.3) is 0 Å². The fraction of sp³-hybridized carbons (Fsp3) is 0.818. The molecular formula is C11H17NO4. The maximum atomic E-state index is 12.0. The Hall–Kier alpha value is -1.10. The molecule has 0 radical (unpaired) electrons. The molecule has 1 aliphatic carbocycles. The number of rotatable bonds is 2. The van der Waals surface area contributed by atoms with Gasteiger partial charge in [-0.15, -0.1) is 0 Å². The van der Waals surface area contributed by atoms with E-state index in [4.69, 9.17) is 9.94 Å². The molecule has 0 aromatic heterocycles. The first kappa shape index (κ1) is 11.4. The lowest BCUT2D eigenvalue weighted by molar-refractivity contribution is -0.199. The molecule has 5 heteroatoms. The Bertz CT molecular complexity index is 320. The van der Waals surface area contributed by atoms with Crippen molar-refractivity contribution in [1.29, 1.82) is 0 Å². The molecule has 2 fully saturated rings. The van der Waals surface area contributed by atoms with E-state index in [2.05, 4.69) is 0 Å². The van der Waals surface area contributed by atoms with E-state index < -0.39 is 23.2 Å². The van der Waals surface area contributed by atoms with Crippen LogP contribution in [-0.4, -0.2) is 35.2 Å². The molecule has 1 saturated heterocycles. The van der Waals surface area contributed by atoms with E-state index in [0.717, 1.165) is 12.8 Å². The Morgan fingerprint density at radius 1 is 1.31 bits per heavy atom. The van der Waals surface area contributed by atoms with Crippen LogP contribution in [0.4, 0.5) is 0 Å². The second-order valence-electron chi connectivity index (χ2n) is 5.10. The SMILES string of the molecule is CC1(C)[C@H](C(=O)O)[C@@H]1C(=O)N1CCCCO1. The summed E-state index contributed by atoms with van der Waals surface area (Å²) in [6.07, 6.45) is 1.89. The summed E-state index contributed by atoms with van der Waals surface area (Å²) in [6, 6.07) is 0. The summed E-state index contributed by atoms with van der Waals surface area (Å²) >= 11 is 0. The van der Waals surface area contributed by atoms with Crippen molar-refractivity contribution in [3.63, 3.8) is 0 Å². The fourth-order valence-corrected chi connectivity index (χ4v) is 2.49. The molecule has 1 aliphatic heterocycles. The van der Waals surface area contributed by atoms with Gasteiger partial charge in [-0.3, -0.25) is 14.4 Å². The number of amides is 1. The monoisotopic (exact) mass is 227 g/mol. The van der Waals surface area contributed by atoms with Crippen LogP contribution < -0.4 is 0 Å². The minimum Gasteiger partial charge on any atom is -0.481 e. The van der Waals surface area contributed by atoms with Crippen LogP contribution in [0.2, 0.25) is 0 Å². The lowest BCUT2D eigenvalue weighted by atomic mass is 10.1. The second-order valence-corrected chi connectivity index (χ2v) is 5.10. The molecule has 1 heterocycles. The maximum Gasteiger partial charge on any atom is 0.307 e. The Morgan fingerprint density at radius 3 is 2.44 bits per heavy atom. The largest absolute Gasteiger partial charge is 0.481 e. The lowest BCUT2D eigenvalue weighted by Gasteiger charge is -2.26. The number of hydroxylamine groups is 2. The molecule has 0 unspecified atom stereocenters. The average Bonchev–Trinajstić information content (AvgIpc) is 2.82. The number of hydrogen-bond acceptors (Lipinski definition) is 3. The maximum absolute atomic E-state index is 12.0. The summed E-state index contributed by atoms with van der Waals surface area (Å²) in [4.78, 5) is 28.2. The molecule has 0 aromatic rings. The molecule has 1 saturated carbocycles. The summed E-state index contributed by atoms with van der Waals surface area (Å²) < 4.78 is 0. The van der Waals surface area contributed by atoms with Crippen LogP contribution in [0, 0.1) is 17.3 Å². The van der Waals surface area contributed by atoms with Gasteiger partial charge in [0.15, 0.2) is 0 Å². The van der Waals surface area contributed by atoms with E-state index in [1.807, 2.05) is 13.8 Å². The Balaban J connectivity index is 2.03. The van der Waals surface area contributed by atoms with Crippen LogP contribution in [-0.2, 0) is 14.4 Å². The van der Waals surface area contributed by atoms with E-state index in [9.17, 15) is 9.59 Å². The third-order valence-corrected chi connectivity index (χ3v) is 3.61. The topological polar surface area (TPSA) is 66.8 Å². The van der Waals surface area contributed by atoms with Crippen molar-refractivity contribution in [1.82, 2.24) is 5.06 Å². The van der Waals surface area contributed by atoms with E-state index in [1.165, 1.54) is 5.06 Å². The first-order valence-corrected chi connectivity index (χ1v) is 5.63. The van der Waals surface area contributed by atoms with Gasteiger partial charge < -0.3 is 5.11 Å². The first-order valence-electron chi connectivity index (χ1n) is 5.63. The summed E-state index contributed by atoms with van der Waals surface area (Å²) in [7, 11) is 0. The van der Waals surface area contributed by atoms with Gasteiger partial charge in [0.1, 0.15) is 0 Å². The normalized spacial score (nSPS) is 32.2. The van der Waals surface area contributed by atoms with Gasteiger partial charge in [-0.25, -0.2) is 5.06 Å². The van der Waals surface area contributed by atoms with Crippen molar-refractivity contribution in [2.75, 3.05) is 13.2 Å². The minimum atomic E-state index is -0.889. The molecule has 0 aromatic carbocycles. The van der Waals surface area contributed by atoms with Crippen LogP contribution in [0.3, 0.4) is 0 Å². The number of carboxylic acid groups (broad SMARTS) is 1. The Labute approximate surface area is 94.3 Å². The van der Waals surface area contributed by atoms with Crippen LogP contribution >= 0.6 is 0 Å². The Kier molecular flexibility index (Phi) is 2.66. The van der Waals surface area contributed by atoms with E-state index in [1.54, 1.807) is 0 Å². The number of hydrogen-bond donors (Lipinski definition) is 1. The zero-order valence-corrected chi connectivity index (χ0v) is 9.60. The second kappa shape index (κ2) is 3.73. The molecular weight excluding hydrogens is 210 g/mol. The first-order chi connectivity index (χ1) is 7.46. The summed E-state index contributed by atoms with van der Waals surface area (Å²) in [5.41, 5.74) is -0.441. The van der Waals surface area contributed by atoms with Gasteiger partial charge in [0, 0.05) is 6.54 Å². The predicted molar refractivity (Wildman–Crippen MR) is 55.3 cm³/mol. The van der Waals surface area contributed by atoms with Gasteiger partial charge in [-0.05, 0) is 18.3 Å². The molecule has 5 nitrogen and oxygen atoms in total. The third kappa shape index (κ3) is 1.69. The van der Waals surface area contributed by atoms with Crippen molar-refractivity contribution in [2.45, 2.75) is 26.7 Å². The van der Waals surface area contributed by atoms with Crippen LogP contribution in [0.5, 0.6) is 0 Å². The highest BCUT2D eigenvalue weighted by Gasteiger charge is 2.66. The van der Waals surface area contributed by atoms with Crippen molar-refractivity contribution >= 4 is 11.9 Å². The number of nitrogens with zero attached hydrogens (tertiary/aromatic N) is 1. The zero-order chi connectivity index (χ0) is 11.9. The predicted octanol–water partition coefficient (Wildman–Crippen LogP) is 0.897. The number of carbonyl (C=O) groups excluding carboxylic acids is 1. The van der Waals surface area contributed by atoms with Gasteiger partial charge in [0.2, 0.25) is 0 Å². The standard InChI is InChI=1S/C11H17NO4/c1-11(2)7(8(11)10(14)15)9(13)12-5-3-4-6-16-12/h7-8H,3-6H2,1-2H3,(H,14,15)/t7-,8+/m1/s1. The number of aliphatic carboxylic acids is 1. The van der Waals surface area contributed by atoms with Crippen LogP contribution in [0.1, 0.15) is 26.7 Å². The highest BCUT2D eigenvalue weighted by atomic mass is 16.7. The Morgan fingerprint density at radius 2 is 2.00 bits per heavy atom. The molecule has 1 N–H and O–H groups in total. The van der Waals surface area contributed by atoms with E-state index in [0.29, 0.717) is 13.2 Å². The highest BCUT2D eigenvalue weighted by molar-refractivity contribution is 5.91. The van der Waals surface area contributed by atoms with Crippen molar-refractivity contribution < 1.29 is 19.5 Å². The van der Waals surface area contributed by atoms with Gasteiger partial charge >= 0.3 is 5.97 Å². The molecule has 90 valence electrons. The van der Waals surface area contributed by atoms with Crippen molar-refractivity contribution in [2.24, 2.45) is 17.3 Å². The molecule has 2 atom stereocenters.